The van der Waals surface area contributed by atoms with Gasteiger partial charge in [-0.25, -0.2) is 4.39 Å². The molecule has 1 aromatic carbocycles. The van der Waals surface area contributed by atoms with Crippen molar-refractivity contribution in [1.82, 2.24) is 10.2 Å². The summed E-state index contributed by atoms with van der Waals surface area (Å²) < 4.78 is 12.7. The summed E-state index contributed by atoms with van der Waals surface area (Å²) in [5.41, 5.74) is 0.429. The monoisotopic (exact) mass is 247 g/mol. The molecule has 1 aromatic rings. The van der Waals surface area contributed by atoms with Crippen LogP contribution in [0.3, 0.4) is 0 Å². The maximum absolute atomic E-state index is 12.7. The molecule has 1 atom stereocenters. The Hall–Kier alpha value is -2.09. The first-order valence-corrected chi connectivity index (χ1v) is 5.91. The van der Waals surface area contributed by atoms with Crippen LogP contribution >= 0.6 is 0 Å². The number of carbonyl (C=O) groups is 1. The Morgan fingerprint density at radius 3 is 2.89 bits per heavy atom. The van der Waals surface area contributed by atoms with Gasteiger partial charge in [-0.3, -0.25) is 4.79 Å². The molecule has 94 valence electrons. The number of hydrogen-bond acceptors (Lipinski definition) is 3. The van der Waals surface area contributed by atoms with Crippen LogP contribution in [0.4, 0.5) is 4.39 Å². The predicted molar refractivity (Wildman–Crippen MR) is 64.1 cm³/mol. The summed E-state index contributed by atoms with van der Waals surface area (Å²) in [6.45, 7) is 1.21. The van der Waals surface area contributed by atoms with Crippen molar-refractivity contribution >= 4 is 5.91 Å². The molecule has 1 fully saturated rings. The Morgan fingerprint density at radius 2 is 2.22 bits per heavy atom. The molecule has 1 saturated heterocycles. The number of carbonyl (C=O) groups excluding carboxylic acids is 1. The largest absolute Gasteiger partial charge is 0.350 e. The zero-order chi connectivity index (χ0) is 13.0. The number of nitrogens with one attached hydrogen (secondary N) is 1. The molecular formula is C13H14FN3O. The third-order valence-corrected chi connectivity index (χ3v) is 3.11. The van der Waals surface area contributed by atoms with E-state index >= 15 is 0 Å². The van der Waals surface area contributed by atoms with Crippen molar-refractivity contribution < 1.29 is 9.18 Å². The summed E-state index contributed by atoms with van der Waals surface area (Å²) in [4.78, 5) is 13.5. The second kappa shape index (κ2) is 5.50. The highest BCUT2D eigenvalue weighted by molar-refractivity contribution is 5.94. The van der Waals surface area contributed by atoms with Crippen molar-refractivity contribution in [1.29, 1.82) is 5.26 Å². The van der Waals surface area contributed by atoms with Gasteiger partial charge in [-0.15, -0.1) is 0 Å². The minimum atomic E-state index is -0.363. The first-order valence-electron chi connectivity index (χ1n) is 5.91. The molecule has 1 amide bonds. The normalized spacial score (nSPS) is 18.4. The van der Waals surface area contributed by atoms with Crippen LogP contribution in [0.25, 0.3) is 0 Å². The molecular weight excluding hydrogens is 233 g/mol. The smallest absolute Gasteiger partial charge is 0.251 e. The van der Waals surface area contributed by atoms with Crippen LogP contribution in [0.1, 0.15) is 23.2 Å². The van der Waals surface area contributed by atoms with Gasteiger partial charge in [0.15, 0.2) is 6.19 Å². The maximum Gasteiger partial charge on any atom is 0.251 e. The quantitative estimate of drug-likeness (QED) is 0.823. The predicted octanol–water partition coefficient (Wildman–Crippen LogP) is 1.50. The van der Waals surface area contributed by atoms with Gasteiger partial charge in [-0.2, -0.15) is 5.26 Å². The number of benzene rings is 1. The van der Waals surface area contributed by atoms with Gasteiger partial charge in [0.25, 0.3) is 5.91 Å². The molecule has 2 rings (SSSR count). The lowest BCUT2D eigenvalue weighted by Crippen LogP contribution is -2.37. The summed E-state index contributed by atoms with van der Waals surface area (Å²) in [7, 11) is 0. The van der Waals surface area contributed by atoms with Gasteiger partial charge < -0.3 is 10.2 Å². The van der Waals surface area contributed by atoms with Gasteiger partial charge in [-0.05, 0) is 37.1 Å². The van der Waals surface area contributed by atoms with Crippen LogP contribution < -0.4 is 5.32 Å². The molecule has 18 heavy (non-hydrogen) atoms. The molecule has 1 aliphatic rings. The lowest BCUT2D eigenvalue weighted by atomic mass is 10.2. The second-order valence-electron chi connectivity index (χ2n) is 4.31. The molecule has 0 unspecified atom stereocenters. The van der Waals surface area contributed by atoms with Crippen LogP contribution in [0, 0.1) is 17.3 Å². The number of rotatable bonds is 3. The van der Waals surface area contributed by atoms with Gasteiger partial charge in [0, 0.05) is 18.7 Å². The molecule has 0 bridgehead atoms. The van der Waals surface area contributed by atoms with Crippen LogP contribution in [0.2, 0.25) is 0 Å². The van der Waals surface area contributed by atoms with Gasteiger partial charge in [0.2, 0.25) is 0 Å². The van der Waals surface area contributed by atoms with E-state index in [2.05, 4.69) is 11.5 Å². The van der Waals surface area contributed by atoms with Gasteiger partial charge in [0.05, 0.1) is 6.04 Å². The van der Waals surface area contributed by atoms with Gasteiger partial charge >= 0.3 is 0 Å². The lowest BCUT2D eigenvalue weighted by molar-refractivity contribution is 0.0945. The number of nitriles is 1. The molecule has 0 spiro atoms. The number of likely N-dealkylation sites (tertiary alicyclic amines) is 1. The average Bonchev–Trinajstić information content (AvgIpc) is 2.84. The summed E-state index contributed by atoms with van der Waals surface area (Å²) in [5.74, 6) is -0.599. The highest BCUT2D eigenvalue weighted by atomic mass is 19.1. The van der Waals surface area contributed by atoms with Crippen LogP contribution in [-0.2, 0) is 0 Å². The lowest BCUT2D eigenvalue weighted by Gasteiger charge is -2.18. The van der Waals surface area contributed by atoms with Crippen molar-refractivity contribution in [2.45, 2.75) is 18.9 Å². The fourth-order valence-electron chi connectivity index (χ4n) is 2.09. The van der Waals surface area contributed by atoms with Crippen molar-refractivity contribution in [3.05, 3.63) is 35.6 Å². The SMILES string of the molecule is N#CN1CCC[C@@H]1CNC(=O)c1ccc(F)cc1. The van der Waals surface area contributed by atoms with Crippen LogP contribution in [0.15, 0.2) is 24.3 Å². The van der Waals surface area contributed by atoms with E-state index in [4.69, 9.17) is 5.26 Å². The summed E-state index contributed by atoms with van der Waals surface area (Å²) in [6, 6.07) is 5.49. The Kier molecular flexibility index (Phi) is 3.78. The Labute approximate surface area is 105 Å². The zero-order valence-electron chi connectivity index (χ0n) is 9.90. The third kappa shape index (κ3) is 2.77. The number of amides is 1. The van der Waals surface area contributed by atoms with Crippen LogP contribution in [-0.4, -0.2) is 29.9 Å². The molecule has 0 aromatic heterocycles. The maximum atomic E-state index is 12.7. The number of halogens is 1. The minimum absolute atomic E-state index is 0.0828. The fraction of sp³-hybridized carbons (Fsp3) is 0.385. The highest BCUT2D eigenvalue weighted by Crippen LogP contribution is 2.15. The molecule has 4 nitrogen and oxygen atoms in total. The first-order chi connectivity index (χ1) is 8.70. The third-order valence-electron chi connectivity index (χ3n) is 3.11. The fourth-order valence-corrected chi connectivity index (χ4v) is 2.09. The average molecular weight is 247 g/mol. The molecule has 0 radical (unpaired) electrons. The Morgan fingerprint density at radius 1 is 1.50 bits per heavy atom. The Balaban J connectivity index is 1.89. The second-order valence-corrected chi connectivity index (χ2v) is 4.31. The molecule has 0 aliphatic carbocycles. The first kappa shape index (κ1) is 12.4. The van der Waals surface area contributed by atoms with Crippen molar-refractivity contribution in [3.8, 4) is 6.19 Å². The number of hydrogen-bond donors (Lipinski definition) is 1. The van der Waals surface area contributed by atoms with Crippen molar-refractivity contribution in [3.63, 3.8) is 0 Å². The van der Waals surface area contributed by atoms with Crippen molar-refractivity contribution in [2.24, 2.45) is 0 Å². The number of nitrogens with zero attached hydrogens (tertiary/aromatic N) is 2. The van der Waals surface area contributed by atoms with E-state index in [0.717, 1.165) is 19.4 Å². The van der Waals surface area contributed by atoms with Crippen molar-refractivity contribution in [2.75, 3.05) is 13.1 Å². The summed E-state index contributed by atoms with van der Waals surface area (Å²) in [5, 5.41) is 11.6. The van der Waals surface area contributed by atoms with Gasteiger partial charge in [0.1, 0.15) is 5.82 Å². The van der Waals surface area contributed by atoms with E-state index in [1.54, 1.807) is 4.90 Å². The summed E-state index contributed by atoms with van der Waals surface area (Å²) in [6.07, 6.45) is 4.01. The molecule has 5 heteroatoms. The van der Waals surface area contributed by atoms with Crippen LogP contribution in [0.5, 0.6) is 0 Å². The highest BCUT2D eigenvalue weighted by Gasteiger charge is 2.23. The summed E-state index contributed by atoms with van der Waals surface area (Å²) >= 11 is 0. The zero-order valence-corrected chi connectivity index (χ0v) is 9.90. The van der Waals surface area contributed by atoms with E-state index < -0.39 is 0 Å². The van der Waals surface area contributed by atoms with E-state index in [1.165, 1.54) is 24.3 Å². The van der Waals surface area contributed by atoms with Gasteiger partial charge in [-0.1, -0.05) is 0 Å². The standard InChI is InChI=1S/C13H14FN3O/c14-11-5-3-10(4-6-11)13(18)16-8-12-2-1-7-17(12)9-15/h3-6,12H,1-2,7-8H2,(H,16,18)/t12-/m1/s1. The van der Waals surface area contributed by atoms with E-state index in [9.17, 15) is 9.18 Å². The molecule has 1 aliphatic heterocycles. The Bertz CT molecular complexity index is 466. The van der Waals surface area contributed by atoms with E-state index in [-0.39, 0.29) is 17.8 Å². The van der Waals surface area contributed by atoms with E-state index in [0.29, 0.717) is 12.1 Å². The minimum Gasteiger partial charge on any atom is -0.350 e. The topological polar surface area (TPSA) is 56.1 Å². The molecule has 1 N–H and O–H groups in total. The molecule has 1 heterocycles. The van der Waals surface area contributed by atoms with E-state index in [1.807, 2.05) is 0 Å². The molecule has 0 saturated carbocycles.